The molecule has 0 saturated carbocycles. The summed E-state index contributed by atoms with van der Waals surface area (Å²) in [7, 11) is 0. The minimum atomic E-state index is 0.0619. The first-order valence-corrected chi connectivity index (χ1v) is 5.99. The van der Waals surface area contributed by atoms with Crippen LogP contribution >= 0.6 is 0 Å². The molecule has 4 heteroatoms. The van der Waals surface area contributed by atoms with E-state index >= 15 is 0 Å². The highest BCUT2D eigenvalue weighted by Gasteiger charge is 2.14. The Morgan fingerprint density at radius 1 is 1.39 bits per heavy atom. The fourth-order valence-corrected chi connectivity index (χ4v) is 1.93. The van der Waals surface area contributed by atoms with Gasteiger partial charge in [0.05, 0.1) is 0 Å². The highest BCUT2D eigenvalue weighted by atomic mass is 16.1. The van der Waals surface area contributed by atoms with E-state index in [-0.39, 0.29) is 11.8 Å². The molecule has 0 unspecified atom stereocenters. The van der Waals surface area contributed by atoms with Gasteiger partial charge in [0, 0.05) is 24.3 Å². The molecule has 2 rings (SSSR count). The SMILES string of the molecule is CC(C)n1nccc1C(=O)Cc1cccc(N)c1. The van der Waals surface area contributed by atoms with E-state index in [2.05, 4.69) is 5.10 Å². The average Bonchev–Trinajstić information content (AvgIpc) is 2.77. The highest BCUT2D eigenvalue weighted by molar-refractivity contribution is 5.96. The van der Waals surface area contributed by atoms with Crippen molar-refractivity contribution < 1.29 is 4.79 Å². The summed E-state index contributed by atoms with van der Waals surface area (Å²) in [6.07, 6.45) is 2.01. The van der Waals surface area contributed by atoms with Crippen LogP contribution in [0.3, 0.4) is 0 Å². The molecule has 0 aliphatic carbocycles. The molecule has 0 aliphatic rings. The van der Waals surface area contributed by atoms with Crippen LogP contribution in [0.4, 0.5) is 5.69 Å². The van der Waals surface area contributed by atoms with E-state index in [1.165, 1.54) is 0 Å². The maximum atomic E-state index is 12.2. The lowest BCUT2D eigenvalue weighted by molar-refractivity contribution is 0.0981. The number of hydrogen-bond donors (Lipinski definition) is 1. The minimum Gasteiger partial charge on any atom is -0.399 e. The largest absolute Gasteiger partial charge is 0.399 e. The quantitative estimate of drug-likeness (QED) is 0.663. The number of carbonyl (C=O) groups is 1. The van der Waals surface area contributed by atoms with Crippen LogP contribution in [0.15, 0.2) is 36.5 Å². The van der Waals surface area contributed by atoms with Gasteiger partial charge >= 0.3 is 0 Å². The number of ketones is 1. The van der Waals surface area contributed by atoms with Gasteiger partial charge in [-0.3, -0.25) is 9.48 Å². The third-order valence-electron chi connectivity index (χ3n) is 2.76. The van der Waals surface area contributed by atoms with Gasteiger partial charge in [-0.2, -0.15) is 5.10 Å². The number of nitrogen functional groups attached to an aromatic ring is 1. The van der Waals surface area contributed by atoms with E-state index < -0.39 is 0 Å². The predicted octanol–water partition coefficient (Wildman–Crippen LogP) is 2.47. The Bertz CT molecular complexity index is 558. The minimum absolute atomic E-state index is 0.0619. The van der Waals surface area contributed by atoms with E-state index in [4.69, 9.17) is 5.73 Å². The maximum absolute atomic E-state index is 12.2. The van der Waals surface area contributed by atoms with Crippen molar-refractivity contribution in [1.82, 2.24) is 9.78 Å². The molecule has 4 nitrogen and oxygen atoms in total. The molecular formula is C14H17N3O. The van der Waals surface area contributed by atoms with E-state index in [0.717, 1.165) is 5.56 Å². The van der Waals surface area contributed by atoms with Crippen molar-refractivity contribution in [3.8, 4) is 0 Å². The molecule has 1 aromatic heterocycles. The zero-order chi connectivity index (χ0) is 13.1. The summed E-state index contributed by atoms with van der Waals surface area (Å²) in [6, 6.07) is 9.34. The van der Waals surface area contributed by atoms with Crippen molar-refractivity contribution in [3.63, 3.8) is 0 Å². The van der Waals surface area contributed by atoms with E-state index in [1.807, 2.05) is 38.1 Å². The van der Waals surface area contributed by atoms with Crippen molar-refractivity contribution in [3.05, 3.63) is 47.8 Å². The molecule has 18 heavy (non-hydrogen) atoms. The average molecular weight is 243 g/mol. The predicted molar refractivity (Wildman–Crippen MR) is 71.5 cm³/mol. The van der Waals surface area contributed by atoms with Gasteiger partial charge in [0.25, 0.3) is 0 Å². The number of aromatic nitrogens is 2. The van der Waals surface area contributed by atoms with E-state index in [1.54, 1.807) is 16.9 Å². The molecule has 0 saturated heterocycles. The second-order valence-electron chi connectivity index (χ2n) is 4.60. The van der Waals surface area contributed by atoms with E-state index in [0.29, 0.717) is 17.8 Å². The fourth-order valence-electron chi connectivity index (χ4n) is 1.93. The summed E-state index contributed by atoms with van der Waals surface area (Å²) < 4.78 is 1.74. The molecule has 0 aliphatic heterocycles. The first-order valence-electron chi connectivity index (χ1n) is 5.99. The molecule has 1 aromatic carbocycles. The molecule has 0 fully saturated rings. The lowest BCUT2D eigenvalue weighted by Crippen LogP contribution is -2.14. The second-order valence-corrected chi connectivity index (χ2v) is 4.60. The Morgan fingerprint density at radius 3 is 2.83 bits per heavy atom. The van der Waals surface area contributed by atoms with Crippen molar-refractivity contribution in [1.29, 1.82) is 0 Å². The van der Waals surface area contributed by atoms with Gasteiger partial charge in [-0.25, -0.2) is 0 Å². The number of carbonyl (C=O) groups excluding carboxylic acids is 1. The van der Waals surface area contributed by atoms with Crippen molar-refractivity contribution in [2.24, 2.45) is 0 Å². The summed E-state index contributed by atoms with van der Waals surface area (Å²) in [5.41, 5.74) is 7.95. The zero-order valence-corrected chi connectivity index (χ0v) is 10.6. The van der Waals surface area contributed by atoms with E-state index in [9.17, 15) is 4.79 Å². The lowest BCUT2D eigenvalue weighted by atomic mass is 10.1. The fraction of sp³-hybridized carbons (Fsp3) is 0.286. The number of anilines is 1. The van der Waals surface area contributed by atoms with Crippen molar-refractivity contribution >= 4 is 11.5 Å². The second kappa shape index (κ2) is 5.04. The maximum Gasteiger partial charge on any atom is 0.185 e. The van der Waals surface area contributed by atoms with Crippen LogP contribution in [-0.4, -0.2) is 15.6 Å². The number of nitrogens with zero attached hydrogens (tertiary/aromatic N) is 2. The molecule has 0 spiro atoms. The van der Waals surface area contributed by atoms with Crippen LogP contribution in [0, 0.1) is 0 Å². The first-order chi connectivity index (χ1) is 8.58. The monoisotopic (exact) mass is 243 g/mol. The molecule has 0 radical (unpaired) electrons. The van der Waals surface area contributed by atoms with Gasteiger partial charge in [-0.1, -0.05) is 12.1 Å². The van der Waals surface area contributed by atoms with Crippen LogP contribution in [0.25, 0.3) is 0 Å². The molecule has 2 N–H and O–H groups in total. The molecule has 0 atom stereocenters. The summed E-state index contributed by atoms with van der Waals surface area (Å²) in [4.78, 5) is 12.2. The van der Waals surface area contributed by atoms with Gasteiger partial charge < -0.3 is 5.73 Å². The number of rotatable bonds is 4. The van der Waals surface area contributed by atoms with Gasteiger partial charge in [0.15, 0.2) is 5.78 Å². The van der Waals surface area contributed by atoms with Crippen LogP contribution in [0.2, 0.25) is 0 Å². The summed E-state index contributed by atoms with van der Waals surface area (Å²) in [5.74, 6) is 0.0619. The van der Waals surface area contributed by atoms with Crippen LogP contribution in [-0.2, 0) is 6.42 Å². The van der Waals surface area contributed by atoms with Gasteiger partial charge in [0.1, 0.15) is 5.69 Å². The zero-order valence-electron chi connectivity index (χ0n) is 10.6. The van der Waals surface area contributed by atoms with Crippen LogP contribution in [0.1, 0.15) is 35.9 Å². The van der Waals surface area contributed by atoms with Crippen molar-refractivity contribution in [2.45, 2.75) is 26.3 Å². The molecule has 94 valence electrons. The smallest absolute Gasteiger partial charge is 0.185 e. The molecular weight excluding hydrogens is 226 g/mol. The van der Waals surface area contributed by atoms with Crippen LogP contribution < -0.4 is 5.73 Å². The summed E-state index contributed by atoms with van der Waals surface area (Å²) in [5, 5.41) is 4.17. The number of nitrogens with two attached hydrogens (primary N) is 1. The Balaban J connectivity index is 2.20. The normalized spacial score (nSPS) is 10.8. The highest BCUT2D eigenvalue weighted by Crippen LogP contribution is 2.13. The standard InChI is InChI=1S/C14H17N3O/c1-10(2)17-13(6-7-16-17)14(18)9-11-4-3-5-12(15)8-11/h3-8,10H,9,15H2,1-2H3. The van der Waals surface area contributed by atoms with Crippen molar-refractivity contribution in [2.75, 3.05) is 5.73 Å². The van der Waals surface area contributed by atoms with Gasteiger partial charge in [-0.05, 0) is 37.6 Å². The number of benzene rings is 1. The number of hydrogen-bond acceptors (Lipinski definition) is 3. The molecule has 1 heterocycles. The molecule has 0 bridgehead atoms. The first kappa shape index (κ1) is 12.4. The Hall–Kier alpha value is -2.10. The Kier molecular flexibility index (Phi) is 3.46. The summed E-state index contributed by atoms with van der Waals surface area (Å²) >= 11 is 0. The topological polar surface area (TPSA) is 60.9 Å². The van der Waals surface area contributed by atoms with Gasteiger partial charge in [-0.15, -0.1) is 0 Å². The third kappa shape index (κ3) is 2.59. The molecule has 0 amide bonds. The Morgan fingerprint density at radius 2 is 2.17 bits per heavy atom. The number of Topliss-reactive ketones (excluding diaryl/α,β-unsaturated/α-hetero) is 1. The molecule has 2 aromatic rings. The Labute approximate surface area is 106 Å². The van der Waals surface area contributed by atoms with Crippen LogP contribution in [0.5, 0.6) is 0 Å². The third-order valence-corrected chi connectivity index (χ3v) is 2.76. The van der Waals surface area contributed by atoms with Gasteiger partial charge in [0.2, 0.25) is 0 Å². The lowest BCUT2D eigenvalue weighted by Gasteiger charge is -2.10. The summed E-state index contributed by atoms with van der Waals surface area (Å²) in [6.45, 7) is 4.01.